The minimum Gasteiger partial charge on any atom is -0.475 e. The number of para-hydroxylation sites is 1. The number of rotatable bonds is 3. The van der Waals surface area contributed by atoms with Crippen LogP contribution in [0.3, 0.4) is 0 Å². The van der Waals surface area contributed by atoms with Gasteiger partial charge in [-0.3, -0.25) is 4.79 Å². The van der Waals surface area contributed by atoms with Gasteiger partial charge in [-0.05, 0) is 31.0 Å². The van der Waals surface area contributed by atoms with Crippen LogP contribution in [0, 0.1) is 0 Å². The zero-order valence-corrected chi connectivity index (χ0v) is 18.3. The van der Waals surface area contributed by atoms with Gasteiger partial charge in [0.2, 0.25) is 0 Å². The summed E-state index contributed by atoms with van der Waals surface area (Å²) in [6.45, 7) is 1.93. The Kier molecular flexibility index (Phi) is 6.62. The molecule has 9 nitrogen and oxygen atoms in total. The number of aromatic nitrogens is 3. The number of piperidine rings is 2. The normalized spacial score (nSPS) is 19.5. The van der Waals surface area contributed by atoms with Crippen molar-refractivity contribution >= 4 is 40.6 Å². The highest BCUT2D eigenvalue weighted by Gasteiger charge is 2.38. The van der Waals surface area contributed by atoms with Crippen molar-refractivity contribution in [1.29, 1.82) is 0 Å². The molecule has 3 aromatic rings. The number of aliphatic carboxylic acids is 1. The van der Waals surface area contributed by atoms with Crippen LogP contribution in [-0.2, 0) is 4.79 Å². The maximum Gasteiger partial charge on any atom is 0.490 e. The zero-order valence-electron chi connectivity index (χ0n) is 17.6. The molecule has 1 aromatic carbocycles. The molecule has 3 N–H and O–H groups in total. The molecule has 2 aromatic heterocycles. The molecule has 5 heterocycles. The van der Waals surface area contributed by atoms with Crippen molar-refractivity contribution in [3.8, 4) is 0 Å². The number of piperazine rings is 1. The van der Waals surface area contributed by atoms with Crippen molar-refractivity contribution in [1.82, 2.24) is 19.9 Å². The van der Waals surface area contributed by atoms with E-state index < -0.39 is 12.1 Å². The fourth-order valence-electron chi connectivity index (χ4n) is 3.92. The van der Waals surface area contributed by atoms with Gasteiger partial charge in [0.05, 0.1) is 16.9 Å². The third kappa shape index (κ3) is 5.07. The summed E-state index contributed by atoms with van der Waals surface area (Å²) in [6.07, 6.45) is 0.701. The highest BCUT2D eigenvalue weighted by atomic mass is 35.5. The number of alkyl halides is 3. The Morgan fingerprint density at radius 2 is 1.94 bits per heavy atom. The molecule has 13 heteroatoms. The Balaban J connectivity index is 0.000000344. The predicted molar refractivity (Wildman–Crippen MR) is 118 cm³/mol. The average Bonchev–Trinajstić information content (AvgIpc) is 3.24. The first-order valence-corrected chi connectivity index (χ1v) is 10.7. The van der Waals surface area contributed by atoms with E-state index in [4.69, 9.17) is 26.5 Å². The Morgan fingerprint density at radius 1 is 1.21 bits per heavy atom. The predicted octanol–water partition coefficient (Wildman–Crippen LogP) is 3.21. The molecule has 6 rings (SSSR count). The third-order valence-electron chi connectivity index (χ3n) is 5.61. The third-order valence-corrected chi connectivity index (χ3v) is 5.94. The zero-order chi connectivity index (χ0) is 24.5. The van der Waals surface area contributed by atoms with E-state index in [1.54, 1.807) is 22.8 Å². The van der Waals surface area contributed by atoms with Crippen molar-refractivity contribution in [3.05, 3.63) is 53.3 Å². The second-order valence-electron chi connectivity index (χ2n) is 7.84. The van der Waals surface area contributed by atoms with Crippen molar-refractivity contribution in [2.75, 3.05) is 23.3 Å². The van der Waals surface area contributed by atoms with Gasteiger partial charge in [-0.2, -0.15) is 18.3 Å². The fraction of sp³-hybridized carbons (Fsp3) is 0.333. The van der Waals surface area contributed by atoms with Gasteiger partial charge in [0.1, 0.15) is 11.4 Å². The monoisotopic (exact) mass is 496 g/mol. The first-order chi connectivity index (χ1) is 16.1. The van der Waals surface area contributed by atoms with E-state index in [1.165, 1.54) is 12.8 Å². The first kappa shape index (κ1) is 23.8. The number of hydrogen-bond acceptors (Lipinski definition) is 6. The number of anilines is 2. The average molecular weight is 497 g/mol. The lowest BCUT2D eigenvalue weighted by Crippen LogP contribution is -2.61. The molecule has 2 bridgehead atoms. The summed E-state index contributed by atoms with van der Waals surface area (Å²) in [5.41, 5.74) is 1.54. The fourth-order valence-corrected chi connectivity index (χ4v) is 4.10. The van der Waals surface area contributed by atoms with Gasteiger partial charge in [-0.1, -0.05) is 23.7 Å². The van der Waals surface area contributed by atoms with Gasteiger partial charge in [0, 0.05) is 31.4 Å². The molecular weight excluding hydrogens is 477 g/mol. The second kappa shape index (κ2) is 9.47. The summed E-state index contributed by atoms with van der Waals surface area (Å²) < 4.78 is 33.4. The number of nitrogens with zero attached hydrogens (tertiary/aromatic N) is 4. The first-order valence-electron chi connectivity index (χ1n) is 10.3. The molecule has 1 amide bonds. The molecule has 3 saturated heterocycles. The molecule has 3 aliphatic rings. The molecule has 34 heavy (non-hydrogen) atoms. The topological polar surface area (TPSA) is 112 Å². The number of hydrogen-bond donors (Lipinski definition) is 3. The summed E-state index contributed by atoms with van der Waals surface area (Å²) >= 11 is 6.15. The lowest BCUT2D eigenvalue weighted by Gasteiger charge is -2.46. The van der Waals surface area contributed by atoms with Gasteiger partial charge in [0.15, 0.2) is 5.65 Å². The molecule has 3 fully saturated rings. The molecule has 180 valence electrons. The van der Waals surface area contributed by atoms with Crippen LogP contribution in [0.1, 0.15) is 23.2 Å². The minimum absolute atomic E-state index is 0.274. The van der Waals surface area contributed by atoms with Crippen LogP contribution >= 0.6 is 11.6 Å². The van der Waals surface area contributed by atoms with Crippen LogP contribution in [0.5, 0.6) is 0 Å². The van der Waals surface area contributed by atoms with Crippen molar-refractivity contribution < 1.29 is 27.9 Å². The van der Waals surface area contributed by atoms with Gasteiger partial charge in [-0.15, -0.1) is 0 Å². The second-order valence-corrected chi connectivity index (χ2v) is 8.24. The van der Waals surface area contributed by atoms with E-state index in [2.05, 4.69) is 20.6 Å². The van der Waals surface area contributed by atoms with Crippen LogP contribution in [-0.4, -0.2) is 62.9 Å². The van der Waals surface area contributed by atoms with E-state index in [9.17, 15) is 18.0 Å². The summed E-state index contributed by atoms with van der Waals surface area (Å²) in [4.78, 5) is 28.8. The van der Waals surface area contributed by atoms with Gasteiger partial charge >= 0.3 is 12.1 Å². The van der Waals surface area contributed by atoms with Crippen LogP contribution in [0.4, 0.5) is 24.7 Å². The van der Waals surface area contributed by atoms with Crippen molar-refractivity contribution in [3.63, 3.8) is 0 Å². The van der Waals surface area contributed by atoms with E-state index in [-0.39, 0.29) is 5.91 Å². The molecular formula is C21H20ClF3N6O3. The molecule has 0 aliphatic carbocycles. The Bertz CT molecular complexity index is 1210. The summed E-state index contributed by atoms with van der Waals surface area (Å²) in [6, 6.07) is 10.1. The van der Waals surface area contributed by atoms with E-state index in [1.807, 2.05) is 24.4 Å². The Labute approximate surface area is 196 Å². The van der Waals surface area contributed by atoms with Crippen molar-refractivity contribution in [2.24, 2.45) is 0 Å². The van der Waals surface area contributed by atoms with Crippen LogP contribution in [0.25, 0.3) is 5.65 Å². The highest BCUT2D eigenvalue weighted by molar-refractivity contribution is 6.34. The lowest BCUT2D eigenvalue weighted by molar-refractivity contribution is -0.192. The quantitative estimate of drug-likeness (QED) is 0.510. The van der Waals surface area contributed by atoms with Gasteiger partial charge < -0.3 is 20.6 Å². The maximum absolute atomic E-state index is 12.8. The van der Waals surface area contributed by atoms with Crippen LogP contribution in [0.15, 0.2) is 42.7 Å². The summed E-state index contributed by atoms with van der Waals surface area (Å²) in [5.74, 6) is -2.14. The summed E-state index contributed by atoms with van der Waals surface area (Å²) in [5, 5.41) is 18.3. The number of amides is 1. The van der Waals surface area contributed by atoms with E-state index in [0.717, 1.165) is 18.9 Å². The number of carbonyl (C=O) groups excluding carboxylic acids is 1. The van der Waals surface area contributed by atoms with Crippen LogP contribution in [0.2, 0.25) is 5.02 Å². The van der Waals surface area contributed by atoms with Crippen LogP contribution < -0.4 is 15.5 Å². The van der Waals surface area contributed by atoms with Crippen molar-refractivity contribution in [2.45, 2.75) is 31.1 Å². The number of halogens is 4. The molecule has 3 aliphatic heterocycles. The number of fused-ring (bicyclic) bond motifs is 4. The number of carbonyl (C=O) groups is 2. The van der Waals surface area contributed by atoms with E-state index >= 15 is 0 Å². The smallest absolute Gasteiger partial charge is 0.475 e. The summed E-state index contributed by atoms with van der Waals surface area (Å²) in [7, 11) is 0. The highest BCUT2D eigenvalue weighted by Crippen LogP contribution is 2.28. The molecule has 0 saturated carbocycles. The molecule has 0 radical (unpaired) electrons. The molecule has 2 unspecified atom stereocenters. The standard InChI is InChI=1S/C19H19ClN6O.C2HF3O2/c20-15-3-1-2-4-16(15)23-19(27)14-10-22-26-8-7-17(24-18(14)26)25-11-12-5-6-13(25)9-21-12;3-2(4,5)1(6)7/h1-4,7-8,10,12-13,21H,5-6,9,11H2,(H,23,27);(H,6,7). The molecule has 0 spiro atoms. The number of nitrogens with one attached hydrogen (secondary N) is 2. The molecule has 2 atom stereocenters. The number of carboxylic acids is 1. The van der Waals surface area contributed by atoms with E-state index in [0.29, 0.717) is 34.0 Å². The lowest BCUT2D eigenvalue weighted by atomic mass is 9.93. The number of benzene rings is 1. The Morgan fingerprint density at radius 3 is 2.53 bits per heavy atom. The van der Waals surface area contributed by atoms with Gasteiger partial charge in [0.25, 0.3) is 5.91 Å². The minimum atomic E-state index is -5.08. The van der Waals surface area contributed by atoms with Gasteiger partial charge in [-0.25, -0.2) is 14.3 Å². The maximum atomic E-state index is 12.8. The Hall–Kier alpha value is -3.38. The largest absolute Gasteiger partial charge is 0.490 e. The number of carboxylic acid groups (broad SMARTS) is 1. The SMILES string of the molecule is O=C(Nc1ccccc1Cl)c1cnn2ccc(N3CC4CCC3CN4)nc12.O=C(O)C(F)(F)F.